The Morgan fingerprint density at radius 3 is 2.84 bits per heavy atom. The molecule has 5 nitrogen and oxygen atoms in total. The van der Waals surface area contributed by atoms with E-state index in [1.165, 1.54) is 4.57 Å². The molecule has 0 aliphatic carbocycles. The van der Waals surface area contributed by atoms with Crippen LogP contribution >= 0.6 is 0 Å². The minimum atomic E-state index is -0.399. The predicted octanol–water partition coefficient (Wildman–Crippen LogP) is 1.67. The second-order valence-corrected chi connectivity index (χ2v) is 4.35. The third-order valence-electron chi connectivity index (χ3n) is 2.98. The smallest absolute Gasteiger partial charge is 0.354 e. The number of anilines is 1. The summed E-state index contributed by atoms with van der Waals surface area (Å²) in [6, 6.07) is 9.33. The monoisotopic (exact) mass is 252 g/mol. The highest BCUT2D eigenvalue weighted by Gasteiger charge is 2.10. The fourth-order valence-electron chi connectivity index (χ4n) is 2.10. The Labute approximate surface area is 109 Å². The van der Waals surface area contributed by atoms with Crippen LogP contribution in [0.1, 0.15) is 5.56 Å². The van der Waals surface area contributed by atoms with Gasteiger partial charge in [-0.3, -0.25) is 9.55 Å². The summed E-state index contributed by atoms with van der Waals surface area (Å²) in [5.74, 6) is 0.250. The van der Waals surface area contributed by atoms with Gasteiger partial charge < -0.3 is 5.73 Å². The summed E-state index contributed by atoms with van der Waals surface area (Å²) >= 11 is 0. The number of aromatic nitrogens is 3. The SMILES string of the molecule is Cc1ccc2c(N)nc(=O)n(-c3cccnc3)c2c1. The lowest BCUT2D eigenvalue weighted by Crippen LogP contribution is -2.23. The van der Waals surface area contributed by atoms with Gasteiger partial charge in [-0.25, -0.2) is 4.79 Å². The zero-order chi connectivity index (χ0) is 13.4. The predicted molar refractivity (Wildman–Crippen MR) is 74.3 cm³/mol. The minimum absolute atomic E-state index is 0.250. The van der Waals surface area contributed by atoms with E-state index in [9.17, 15) is 4.79 Å². The van der Waals surface area contributed by atoms with Crippen LogP contribution in [0.5, 0.6) is 0 Å². The van der Waals surface area contributed by atoms with E-state index in [1.54, 1.807) is 18.5 Å². The van der Waals surface area contributed by atoms with Gasteiger partial charge in [-0.1, -0.05) is 6.07 Å². The first-order chi connectivity index (χ1) is 9.16. The first-order valence-corrected chi connectivity index (χ1v) is 5.86. The standard InChI is InChI=1S/C14H12N4O/c1-9-4-5-11-12(7-9)18(14(19)17-13(11)15)10-3-2-6-16-8-10/h2-8H,1H3,(H2,15,17,19). The lowest BCUT2D eigenvalue weighted by molar-refractivity contribution is 0.955. The van der Waals surface area contributed by atoms with E-state index in [1.807, 2.05) is 31.2 Å². The van der Waals surface area contributed by atoms with Crippen molar-refractivity contribution in [1.82, 2.24) is 14.5 Å². The number of rotatable bonds is 1. The fourth-order valence-corrected chi connectivity index (χ4v) is 2.10. The van der Waals surface area contributed by atoms with Gasteiger partial charge in [-0.15, -0.1) is 0 Å². The number of benzene rings is 1. The second kappa shape index (κ2) is 4.20. The van der Waals surface area contributed by atoms with Crippen LogP contribution in [0, 0.1) is 6.92 Å². The van der Waals surface area contributed by atoms with E-state index in [-0.39, 0.29) is 5.82 Å². The fraction of sp³-hybridized carbons (Fsp3) is 0.0714. The summed E-state index contributed by atoms with van der Waals surface area (Å²) < 4.78 is 1.52. The Bertz CT molecular complexity index is 809. The Hall–Kier alpha value is -2.69. The van der Waals surface area contributed by atoms with Gasteiger partial charge in [0, 0.05) is 11.6 Å². The van der Waals surface area contributed by atoms with Crippen LogP contribution in [0.4, 0.5) is 5.82 Å². The molecule has 0 aliphatic heterocycles. The third-order valence-corrected chi connectivity index (χ3v) is 2.98. The van der Waals surface area contributed by atoms with Crippen LogP contribution in [0.25, 0.3) is 16.6 Å². The number of pyridine rings is 1. The van der Waals surface area contributed by atoms with Crippen LogP contribution in [0.3, 0.4) is 0 Å². The highest BCUT2D eigenvalue weighted by molar-refractivity contribution is 5.89. The molecule has 0 bridgehead atoms. The first-order valence-electron chi connectivity index (χ1n) is 5.86. The van der Waals surface area contributed by atoms with Crippen molar-refractivity contribution in [2.24, 2.45) is 0 Å². The molecule has 5 heteroatoms. The number of nitrogens with two attached hydrogens (primary N) is 1. The number of fused-ring (bicyclic) bond motifs is 1. The van der Waals surface area contributed by atoms with Crippen molar-refractivity contribution in [2.45, 2.75) is 6.92 Å². The highest BCUT2D eigenvalue weighted by atomic mass is 16.1. The van der Waals surface area contributed by atoms with Crippen LogP contribution in [0.15, 0.2) is 47.5 Å². The quantitative estimate of drug-likeness (QED) is 0.715. The van der Waals surface area contributed by atoms with Gasteiger partial charge in [0.05, 0.1) is 17.4 Å². The molecule has 2 heterocycles. The average molecular weight is 252 g/mol. The number of hydrogen-bond acceptors (Lipinski definition) is 4. The molecule has 0 fully saturated rings. The largest absolute Gasteiger partial charge is 0.383 e. The minimum Gasteiger partial charge on any atom is -0.383 e. The molecule has 2 N–H and O–H groups in total. The number of nitrogen functional groups attached to an aromatic ring is 1. The summed E-state index contributed by atoms with van der Waals surface area (Å²) in [5.41, 5.74) is 7.88. The summed E-state index contributed by atoms with van der Waals surface area (Å²) in [7, 11) is 0. The zero-order valence-electron chi connectivity index (χ0n) is 10.4. The first kappa shape index (κ1) is 11.4. The molecule has 0 spiro atoms. The van der Waals surface area contributed by atoms with E-state index >= 15 is 0 Å². The molecule has 3 rings (SSSR count). The molecule has 94 valence electrons. The van der Waals surface area contributed by atoms with Crippen LogP contribution in [-0.2, 0) is 0 Å². The summed E-state index contributed by atoms with van der Waals surface area (Å²) in [4.78, 5) is 20.0. The lowest BCUT2D eigenvalue weighted by atomic mass is 10.1. The Morgan fingerprint density at radius 1 is 1.26 bits per heavy atom. The van der Waals surface area contributed by atoms with Crippen molar-refractivity contribution in [2.75, 3.05) is 5.73 Å². The van der Waals surface area contributed by atoms with Crippen molar-refractivity contribution in [3.8, 4) is 5.69 Å². The maximum atomic E-state index is 12.1. The molecule has 0 atom stereocenters. The molecule has 3 aromatic rings. The molecule has 2 aromatic heterocycles. The molecule has 1 aromatic carbocycles. The lowest BCUT2D eigenvalue weighted by Gasteiger charge is -2.11. The van der Waals surface area contributed by atoms with Gasteiger partial charge in [0.25, 0.3) is 0 Å². The molecule has 0 radical (unpaired) electrons. The van der Waals surface area contributed by atoms with Crippen molar-refractivity contribution in [1.29, 1.82) is 0 Å². The van der Waals surface area contributed by atoms with Gasteiger partial charge in [-0.2, -0.15) is 4.98 Å². The molecular formula is C14H12N4O. The van der Waals surface area contributed by atoms with Crippen LogP contribution in [0.2, 0.25) is 0 Å². The van der Waals surface area contributed by atoms with E-state index in [4.69, 9.17) is 5.73 Å². The van der Waals surface area contributed by atoms with Gasteiger partial charge in [0.1, 0.15) is 5.82 Å². The van der Waals surface area contributed by atoms with Gasteiger partial charge in [0.2, 0.25) is 0 Å². The van der Waals surface area contributed by atoms with Crippen LogP contribution < -0.4 is 11.4 Å². The summed E-state index contributed by atoms with van der Waals surface area (Å²) in [5, 5.41) is 0.758. The average Bonchev–Trinajstić information content (AvgIpc) is 2.39. The summed E-state index contributed by atoms with van der Waals surface area (Å²) in [6.07, 6.45) is 3.29. The number of nitrogens with zero attached hydrogens (tertiary/aromatic N) is 3. The molecule has 0 saturated carbocycles. The van der Waals surface area contributed by atoms with E-state index < -0.39 is 5.69 Å². The van der Waals surface area contributed by atoms with Gasteiger partial charge in [0.15, 0.2) is 0 Å². The maximum absolute atomic E-state index is 12.1. The number of aryl methyl sites for hydroxylation is 1. The Balaban J connectivity index is 2.48. The van der Waals surface area contributed by atoms with Gasteiger partial charge >= 0.3 is 5.69 Å². The zero-order valence-corrected chi connectivity index (χ0v) is 10.4. The van der Waals surface area contributed by atoms with Gasteiger partial charge in [-0.05, 0) is 36.8 Å². The van der Waals surface area contributed by atoms with E-state index in [0.29, 0.717) is 5.69 Å². The Kier molecular flexibility index (Phi) is 2.52. The van der Waals surface area contributed by atoms with Crippen LogP contribution in [-0.4, -0.2) is 14.5 Å². The van der Waals surface area contributed by atoms with E-state index in [2.05, 4.69) is 9.97 Å². The number of hydrogen-bond donors (Lipinski definition) is 1. The summed E-state index contributed by atoms with van der Waals surface area (Å²) in [6.45, 7) is 1.97. The molecule has 0 saturated heterocycles. The second-order valence-electron chi connectivity index (χ2n) is 4.35. The topological polar surface area (TPSA) is 73.8 Å². The highest BCUT2D eigenvalue weighted by Crippen LogP contribution is 2.20. The molecular weight excluding hydrogens is 240 g/mol. The van der Waals surface area contributed by atoms with Crippen molar-refractivity contribution >= 4 is 16.7 Å². The Morgan fingerprint density at radius 2 is 2.11 bits per heavy atom. The van der Waals surface area contributed by atoms with Crippen molar-refractivity contribution < 1.29 is 0 Å². The van der Waals surface area contributed by atoms with Crippen molar-refractivity contribution in [3.63, 3.8) is 0 Å². The normalized spacial score (nSPS) is 10.8. The third kappa shape index (κ3) is 1.85. The van der Waals surface area contributed by atoms with Crippen molar-refractivity contribution in [3.05, 3.63) is 58.8 Å². The molecule has 0 amide bonds. The molecule has 19 heavy (non-hydrogen) atoms. The molecule has 0 aliphatic rings. The van der Waals surface area contributed by atoms with E-state index in [0.717, 1.165) is 16.5 Å². The maximum Gasteiger partial charge on any atom is 0.354 e. The molecule has 0 unspecified atom stereocenters.